The van der Waals surface area contributed by atoms with Crippen LogP contribution in [-0.2, 0) is 23.5 Å². The number of hydrogen-bond acceptors (Lipinski definition) is 6. The van der Waals surface area contributed by atoms with E-state index in [4.69, 9.17) is 0 Å². The number of carbonyl (C=O) groups is 1. The standard InChI is InChI=1S/C31H31FN6O3S/c1-36-19-26(18-34-36)37(2)42(40,41)27-11-6-23-13-29-22(17-35-38(29)25-9-7-24(32)8-10-25)14-31(23,15-27)30(39)28-12-5-21(16-33-28)20-3-4-20/h5,7-10,12-13,16-20,27H,3-4,6,11,14-15H2,1-2H3/t27-,31-/m0/s1. The van der Waals surface area contributed by atoms with E-state index in [0.29, 0.717) is 42.2 Å². The quantitative estimate of drug-likeness (QED) is 0.287. The Bertz CT molecular complexity index is 1820. The molecule has 0 amide bonds. The maximum absolute atomic E-state index is 14.5. The minimum Gasteiger partial charge on any atom is -0.291 e. The Labute approximate surface area is 243 Å². The lowest BCUT2D eigenvalue weighted by atomic mass is 9.61. The Balaban J connectivity index is 1.29. The second kappa shape index (κ2) is 9.72. The summed E-state index contributed by atoms with van der Waals surface area (Å²) < 4.78 is 46.1. The minimum atomic E-state index is -3.81. The number of carbonyl (C=O) groups excluding carboxylic acids is 1. The molecule has 216 valence electrons. The van der Waals surface area contributed by atoms with E-state index in [-0.39, 0.29) is 18.0 Å². The van der Waals surface area contributed by atoms with Crippen molar-refractivity contribution in [1.82, 2.24) is 24.5 Å². The predicted octanol–water partition coefficient (Wildman–Crippen LogP) is 4.84. The summed E-state index contributed by atoms with van der Waals surface area (Å²) in [7, 11) is -0.535. The van der Waals surface area contributed by atoms with E-state index >= 15 is 0 Å². The summed E-state index contributed by atoms with van der Waals surface area (Å²) in [5.74, 6) is 0.0102. The molecule has 4 aromatic rings. The molecule has 1 aromatic carbocycles. The molecule has 3 aliphatic carbocycles. The van der Waals surface area contributed by atoms with Gasteiger partial charge in [0.05, 0.1) is 40.1 Å². The first kappa shape index (κ1) is 26.8. The molecule has 11 heteroatoms. The van der Waals surface area contributed by atoms with Crippen molar-refractivity contribution in [2.45, 2.75) is 49.7 Å². The van der Waals surface area contributed by atoms with Crippen LogP contribution >= 0.6 is 0 Å². The molecular weight excluding hydrogens is 555 g/mol. The van der Waals surface area contributed by atoms with E-state index in [1.807, 2.05) is 12.1 Å². The Morgan fingerprint density at radius 1 is 1.05 bits per heavy atom. The van der Waals surface area contributed by atoms with Crippen LogP contribution in [-0.4, -0.2) is 51.0 Å². The lowest BCUT2D eigenvalue weighted by Crippen LogP contribution is -2.48. The summed E-state index contributed by atoms with van der Waals surface area (Å²) in [5.41, 5.74) is 4.13. The van der Waals surface area contributed by atoms with E-state index in [1.165, 1.54) is 29.7 Å². The third kappa shape index (κ3) is 4.38. The van der Waals surface area contributed by atoms with Crippen LogP contribution in [0.5, 0.6) is 0 Å². The summed E-state index contributed by atoms with van der Waals surface area (Å²) in [6.07, 6.45) is 12.2. The number of ketones is 1. The number of halogens is 1. The summed E-state index contributed by atoms with van der Waals surface area (Å²) >= 11 is 0. The molecular formula is C31H31FN6O3S. The molecule has 0 spiro atoms. The monoisotopic (exact) mass is 586 g/mol. The van der Waals surface area contributed by atoms with Gasteiger partial charge in [-0.1, -0.05) is 11.6 Å². The van der Waals surface area contributed by atoms with E-state index < -0.39 is 20.7 Å². The van der Waals surface area contributed by atoms with E-state index in [0.717, 1.165) is 35.2 Å². The Morgan fingerprint density at radius 3 is 2.50 bits per heavy atom. The topological polar surface area (TPSA) is 103 Å². The van der Waals surface area contributed by atoms with Crippen LogP contribution in [0.4, 0.5) is 10.1 Å². The second-order valence-electron chi connectivity index (χ2n) is 11.7. The fourth-order valence-electron chi connectivity index (χ4n) is 6.49. The summed E-state index contributed by atoms with van der Waals surface area (Å²) in [6, 6.07) is 9.87. The predicted molar refractivity (Wildman–Crippen MR) is 156 cm³/mol. The average Bonchev–Trinajstić information content (AvgIpc) is 3.64. The highest BCUT2D eigenvalue weighted by atomic mass is 32.2. The van der Waals surface area contributed by atoms with Crippen LogP contribution in [0.1, 0.15) is 65.3 Å². The van der Waals surface area contributed by atoms with Gasteiger partial charge in [0.25, 0.3) is 0 Å². The molecule has 3 heterocycles. The third-order valence-electron chi connectivity index (χ3n) is 9.05. The fraction of sp³-hybridized carbons (Fsp3) is 0.355. The Kier molecular flexibility index (Phi) is 6.19. The van der Waals surface area contributed by atoms with E-state index in [9.17, 15) is 17.6 Å². The molecule has 2 fully saturated rings. The number of sulfonamides is 1. The van der Waals surface area contributed by atoms with Gasteiger partial charge in [-0.25, -0.2) is 17.5 Å². The summed E-state index contributed by atoms with van der Waals surface area (Å²) in [6.45, 7) is 0. The first-order valence-corrected chi connectivity index (χ1v) is 15.7. The number of aryl methyl sites for hydroxylation is 1. The lowest BCUT2D eigenvalue weighted by Gasteiger charge is -2.44. The van der Waals surface area contributed by atoms with E-state index in [2.05, 4.69) is 15.2 Å². The Hall–Kier alpha value is -4.12. The van der Waals surface area contributed by atoms with E-state index in [1.54, 1.807) is 53.2 Å². The van der Waals surface area contributed by atoms with Crippen molar-refractivity contribution in [3.8, 4) is 5.69 Å². The smallest absolute Gasteiger partial charge is 0.237 e. The largest absolute Gasteiger partial charge is 0.291 e. The van der Waals surface area contributed by atoms with Crippen LogP contribution in [0.3, 0.4) is 0 Å². The maximum atomic E-state index is 14.5. The Morgan fingerprint density at radius 2 is 1.83 bits per heavy atom. The van der Waals surface area contributed by atoms with Crippen LogP contribution in [0, 0.1) is 11.2 Å². The average molecular weight is 587 g/mol. The molecule has 2 saturated carbocycles. The van der Waals surface area contributed by atoms with Gasteiger partial charge in [-0.15, -0.1) is 0 Å². The van der Waals surface area contributed by atoms with Crippen LogP contribution in [0.25, 0.3) is 11.8 Å². The highest BCUT2D eigenvalue weighted by molar-refractivity contribution is 7.93. The van der Waals surface area contributed by atoms with Crippen LogP contribution in [0.15, 0.2) is 66.8 Å². The lowest BCUT2D eigenvalue weighted by molar-refractivity contribution is 0.0796. The van der Waals surface area contributed by atoms with Crippen molar-refractivity contribution in [3.63, 3.8) is 0 Å². The van der Waals surface area contributed by atoms with Gasteiger partial charge in [-0.3, -0.25) is 18.8 Å². The van der Waals surface area contributed by atoms with Crippen molar-refractivity contribution in [2.75, 3.05) is 11.4 Å². The van der Waals surface area contributed by atoms with Gasteiger partial charge in [0, 0.05) is 26.5 Å². The number of nitrogens with zero attached hydrogens (tertiary/aromatic N) is 6. The SMILES string of the molecule is CN(c1cnn(C)c1)S(=O)(=O)[C@H]1CCC2=Cc3c(cnn3-c3ccc(F)cc3)C[C@]2(C(=O)c2ccc(C3CC3)cn2)C1. The van der Waals surface area contributed by atoms with Crippen LogP contribution in [0.2, 0.25) is 0 Å². The van der Waals surface area contributed by atoms with Gasteiger partial charge < -0.3 is 0 Å². The number of anilines is 1. The number of rotatable bonds is 7. The molecule has 42 heavy (non-hydrogen) atoms. The summed E-state index contributed by atoms with van der Waals surface area (Å²) in [5, 5.41) is 7.94. The number of aromatic nitrogens is 5. The highest BCUT2D eigenvalue weighted by Crippen LogP contribution is 2.52. The molecule has 2 atom stereocenters. The van der Waals surface area contributed by atoms with Gasteiger partial charge >= 0.3 is 0 Å². The number of Topliss-reactive ketones (excluding diaryl/α,β-unsaturated/α-hetero) is 1. The molecule has 3 aromatic heterocycles. The number of hydrogen-bond donors (Lipinski definition) is 0. The van der Waals surface area contributed by atoms with Gasteiger partial charge in [-0.05, 0) is 92.0 Å². The molecule has 3 aliphatic rings. The number of pyridine rings is 1. The second-order valence-corrected chi connectivity index (χ2v) is 13.9. The van der Waals surface area contributed by atoms with Gasteiger partial charge in [-0.2, -0.15) is 10.2 Å². The molecule has 0 bridgehead atoms. The molecule has 0 unspecified atom stereocenters. The van der Waals surface area contributed by atoms with Crippen molar-refractivity contribution in [2.24, 2.45) is 12.5 Å². The molecule has 9 nitrogen and oxygen atoms in total. The van der Waals surface area contributed by atoms with Gasteiger partial charge in [0.2, 0.25) is 10.0 Å². The van der Waals surface area contributed by atoms with Gasteiger partial charge in [0.15, 0.2) is 5.78 Å². The molecule has 0 N–H and O–H groups in total. The van der Waals surface area contributed by atoms with Crippen molar-refractivity contribution < 1.29 is 17.6 Å². The first-order chi connectivity index (χ1) is 20.2. The highest BCUT2D eigenvalue weighted by Gasteiger charge is 2.52. The summed E-state index contributed by atoms with van der Waals surface area (Å²) in [4.78, 5) is 19.1. The molecule has 0 radical (unpaired) electrons. The number of benzene rings is 1. The molecule has 7 rings (SSSR count). The zero-order chi connectivity index (χ0) is 29.2. The number of allylic oxidation sites excluding steroid dienone is 1. The van der Waals surface area contributed by atoms with Gasteiger partial charge in [0.1, 0.15) is 11.5 Å². The van der Waals surface area contributed by atoms with Crippen molar-refractivity contribution in [3.05, 3.63) is 95.1 Å². The fourth-order valence-corrected chi connectivity index (χ4v) is 8.24. The first-order valence-electron chi connectivity index (χ1n) is 14.2. The normalized spacial score (nSPS) is 21.8. The third-order valence-corrected chi connectivity index (χ3v) is 11.3. The zero-order valence-electron chi connectivity index (χ0n) is 23.4. The zero-order valence-corrected chi connectivity index (χ0v) is 24.3. The number of fused-ring (bicyclic) bond motifs is 2. The molecule has 0 aliphatic heterocycles. The van der Waals surface area contributed by atoms with Crippen molar-refractivity contribution >= 4 is 27.6 Å². The molecule has 0 saturated heterocycles. The minimum absolute atomic E-state index is 0.137. The van der Waals surface area contributed by atoms with Crippen LogP contribution < -0.4 is 4.31 Å². The van der Waals surface area contributed by atoms with Crippen molar-refractivity contribution in [1.29, 1.82) is 0 Å². The maximum Gasteiger partial charge on any atom is 0.237 e.